The third-order valence-corrected chi connectivity index (χ3v) is 8.74. The van der Waals surface area contributed by atoms with Gasteiger partial charge in [-0.25, -0.2) is 24.1 Å². The fraction of sp³-hybridized carbons (Fsp3) is 0.432. The van der Waals surface area contributed by atoms with E-state index in [-0.39, 0.29) is 34.9 Å². The zero-order valence-corrected chi connectivity index (χ0v) is 30.8. The van der Waals surface area contributed by atoms with Crippen molar-refractivity contribution in [2.75, 3.05) is 64.0 Å². The molecule has 3 N–H and O–H groups in total. The first-order valence-electron chi connectivity index (χ1n) is 17.7. The normalized spacial score (nSPS) is 15.0. The molecular formula is C37H44FN9O7. The predicted octanol–water partition coefficient (Wildman–Crippen LogP) is 3.58. The number of hydrogen-bond acceptors (Lipinski definition) is 13. The van der Waals surface area contributed by atoms with Gasteiger partial charge in [-0.3, -0.25) is 19.1 Å². The van der Waals surface area contributed by atoms with Gasteiger partial charge in [0.1, 0.15) is 28.5 Å². The van der Waals surface area contributed by atoms with Crippen molar-refractivity contribution in [3.05, 3.63) is 65.3 Å². The van der Waals surface area contributed by atoms with Gasteiger partial charge in [-0.1, -0.05) is 6.07 Å². The lowest BCUT2D eigenvalue weighted by Gasteiger charge is -2.34. The van der Waals surface area contributed by atoms with E-state index in [1.165, 1.54) is 24.5 Å². The van der Waals surface area contributed by atoms with Crippen molar-refractivity contribution >= 4 is 40.6 Å². The minimum absolute atomic E-state index is 0.0577. The third kappa shape index (κ3) is 9.20. The number of nitrogens with zero attached hydrogens (tertiary/aromatic N) is 7. The highest BCUT2D eigenvalue weighted by Gasteiger charge is 2.24. The second-order valence-corrected chi connectivity index (χ2v) is 13.8. The summed E-state index contributed by atoms with van der Waals surface area (Å²) in [5, 5.41) is 4.21. The highest BCUT2D eigenvalue weighted by Crippen LogP contribution is 2.37. The van der Waals surface area contributed by atoms with Crippen LogP contribution in [0.2, 0.25) is 0 Å². The molecule has 2 aliphatic heterocycles. The molecule has 2 aliphatic rings. The number of aromatic nitrogens is 4. The third-order valence-electron chi connectivity index (χ3n) is 8.74. The molecule has 0 radical (unpaired) electrons. The number of piperazine rings is 1. The van der Waals surface area contributed by atoms with Crippen LogP contribution in [0.3, 0.4) is 0 Å². The number of anilines is 2. The molecule has 0 saturated carbocycles. The highest BCUT2D eigenvalue weighted by molar-refractivity contribution is 5.96. The van der Waals surface area contributed by atoms with E-state index in [4.69, 9.17) is 29.7 Å². The van der Waals surface area contributed by atoms with Crippen LogP contribution in [0.15, 0.2) is 47.7 Å². The van der Waals surface area contributed by atoms with E-state index in [2.05, 4.69) is 25.2 Å². The molecule has 1 fully saturated rings. The van der Waals surface area contributed by atoms with E-state index in [0.29, 0.717) is 62.8 Å². The maximum Gasteiger partial charge on any atom is 0.415 e. The number of halogens is 1. The molecule has 2 aromatic heterocycles. The molecule has 16 nitrogen and oxygen atoms in total. The first-order valence-corrected chi connectivity index (χ1v) is 17.7. The number of methoxy groups -OCH3 is 1. The topological polar surface area (TPSA) is 189 Å². The molecule has 286 valence electrons. The Bertz CT molecular complexity index is 2090. The zero-order chi connectivity index (χ0) is 38.4. The zero-order valence-electron chi connectivity index (χ0n) is 30.8. The van der Waals surface area contributed by atoms with Crippen LogP contribution in [0.5, 0.6) is 17.2 Å². The number of rotatable bonds is 10. The van der Waals surface area contributed by atoms with E-state index in [1.54, 1.807) is 32.8 Å². The molecule has 2 aromatic carbocycles. The number of carbonyl (C=O) groups excluding carboxylic acids is 3. The summed E-state index contributed by atoms with van der Waals surface area (Å²) in [6.45, 7) is 9.87. The highest BCUT2D eigenvalue weighted by atomic mass is 19.1. The summed E-state index contributed by atoms with van der Waals surface area (Å²) in [5.41, 5.74) is 5.96. The second kappa shape index (κ2) is 16.4. The average molecular weight is 746 g/mol. The van der Waals surface area contributed by atoms with E-state index in [9.17, 15) is 18.8 Å². The maximum atomic E-state index is 14.7. The Morgan fingerprint density at radius 3 is 2.50 bits per heavy atom. The predicted molar refractivity (Wildman–Crippen MR) is 196 cm³/mol. The Kier molecular flexibility index (Phi) is 11.5. The number of hydrogen-bond donors (Lipinski definition) is 2. The van der Waals surface area contributed by atoms with Crippen molar-refractivity contribution in [2.24, 2.45) is 4.99 Å². The molecule has 4 aromatic rings. The van der Waals surface area contributed by atoms with Gasteiger partial charge in [-0.15, -0.1) is 0 Å². The molecule has 4 heterocycles. The minimum Gasteiger partial charge on any atom is -0.491 e. The first-order chi connectivity index (χ1) is 25.9. The molecule has 0 aliphatic carbocycles. The number of amides is 2. The van der Waals surface area contributed by atoms with Crippen LogP contribution < -0.4 is 30.9 Å². The van der Waals surface area contributed by atoms with Crippen LogP contribution >= 0.6 is 0 Å². The van der Waals surface area contributed by atoms with E-state index in [0.717, 1.165) is 36.8 Å². The Balaban J connectivity index is 1.03. The Hall–Kier alpha value is -5.84. The van der Waals surface area contributed by atoms with Gasteiger partial charge >= 0.3 is 12.1 Å². The maximum absolute atomic E-state index is 14.7. The Morgan fingerprint density at radius 1 is 1.04 bits per heavy atom. The fourth-order valence-electron chi connectivity index (χ4n) is 6.16. The van der Waals surface area contributed by atoms with Crippen molar-refractivity contribution in [3.63, 3.8) is 0 Å². The average Bonchev–Trinajstić information content (AvgIpc) is 3.14. The van der Waals surface area contributed by atoms with E-state index in [1.807, 2.05) is 16.7 Å². The molecular weight excluding hydrogens is 701 g/mol. The Morgan fingerprint density at radius 2 is 1.80 bits per heavy atom. The van der Waals surface area contributed by atoms with Crippen molar-refractivity contribution in [1.29, 1.82) is 0 Å². The summed E-state index contributed by atoms with van der Waals surface area (Å²) in [7, 11) is 1.54. The molecule has 0 spiro atoms. The van der Waals surface area contributed by atoms with Crippen molar-refractivity contribution in [2.45, 2.75) is 52.2 Å². The number of nitrogen functional groups attached to an aromatic ring is 1. The summed E-state index contributed by atoms with van der Waals surface area (Å²) in [6.07, 6.45) is 3.40. The lowest BCUT2D eigenvalue weighted by molar-refractivity contribution is -0.154. The molecule has 2 amide bonds. The van der Waals surface area contributed by atoms with E-state index < -0.39 is 29.4 Å². The summed E-state index contributed by atoms with van der Waals surface area (Å²) in [5.74, 6) is 0.0828. The van der Waals surface area contributed by atoms with Crippen molar-refractivity contribution < 1.29 is 37.7 Å². The van der Waals surface area contributed by atoms with Crippen LogP contribution in [-0.2, 0) is 22.5 Å². The number of ether oxygens (including phenoxy) is 4. The van der Waals surface area contributed by atoms with Crippen LogP contribution in [-0.4, -0.2) is 106 Å². The van der Waals surface area contributed by atoms with Gasteiger partial charge in [-0.05, 0) is 57.4 Å². The molecule has 0 atom stereocenters. The number of esters is 1. The number of fused-ring (bicyclic) bond motifs is 3. The number of carbonyl (C=O) groups is 3. The van der Waals surface area contributed by atoms with Crippen molar-refractivity contribution in [3.8, 4) is 17.2 Å². The standard InChI is InChI=1S/C37H44FN9O7/c1-37(2,3)54-29(48)19-23-7-8-25(20-27(23)38)53-36(50)46-16-14-45(15-17-46)12-6-18-52-28-10-9-26-30(31(28)51-4)43-35(47-13-5-11-40-32(26)47)44-33(49)24-21-41-34(39)42-22-24/h7-10,20-22,40H,5-6,11-19H2,1-4H3,(H2,39,41,42). The second-order valence-electron chi connectivity index (χ2n) is 13.8. The van der Waals surface area contributed by atoms with Gasteiger partial charge in [0.25, 0.3) is 5.91 Å². The summed E-state index contributed by atoms with van der Waals surface area (Å²) in [6, 6.07) is 7.75. The minimum atomic E-state index is -0.673. The number of nitrogens with one attached hydrogen (secondary N) is 1. The van der Waals surface area contributed by atoms with E-state index >= 15 is 0 Å². The van der Waals surface area contributed by atoms with Gasteiger partial charge in [0, 0.05) is 69.7 Å². The summed E-state index contributed by atoms with van der Waals surface area (Å²) < 4.78 is 39.2. The fourth-order valence-corrected chi connectivity index (χ4v) is 6.16. The molecule has 1 saturated heterocycles. The van der Waals surface area contributed by atoms with Crippen molar-refractivity contribution in [1.82, 2.24) is 29.3 Å². The van der Waals surface area contributed by atoms with Crippen LogP contribution in [0.4, 0.5) is 21.0 Å². The number of benzene rings is 2. The van der Waals surface area contributed by atoms with Gasteiger partial charge in [0.2, 0.25) is 11.6 Å². The SMILES string of the molecule is COc1c(OCCCN2CCN(C(=O)Oc3ccc(CC(=O)OC(C)(C)C)c(F)c3)CC2)ccc2c3n(c(=NC(=O)c4cnc(N)nc4)nc12)CCCN3. The first kappa shape index (κ1) is 37.9. The van der Waals surface area contributed by atoms with Gasteiger partial charge in [0.05, 0.1) is 25.7 Å². The molecule has 6 rings (SSSR count). The van der Waals surface area contributed by atoms with Crippen LogP contribution in [0, 0.1) is 5.82 Å². The molecule has 54 heavy (non-hydrogen) atoms. The van der Waals surface area contributed by atoms with Crippen LogP contribution in [0.25, 0.3) is 10.9 Å². The molecule has 0 unspecified atom stereocenters. The Labute approximate surface area is 311 Å². The monoisotopic (exact) mass is 745 g/mol. The molecule has 17 heteroatoms. The quantitative estimate of drug-likeness (QED) is 0.177. The van der Waals surface area contributed by atoms with Gasteiger partial charge in [-0.2, -0.15) is 4.99 Å². The summed E-state index contributed by atoms with van der Waals surface area (Å²) in [4.78, 5) is 58.6. The smallest absolute Gasteiger partial charge is 0.415 e. The van der Waals surface area contributed by atoms with Gasteiger partial charge in [0.15, 0.2) is 11.5 Å². The van der Waals surface area contributed by atoms with Crippen LogP contribution in [0.1, 0.15) is 49.5 Å². The lowest BCUT2D eigenvalue weighted by atomic mass is 10.1. The number of nitrogens with two attached hydrogens (primary N) is 1. The molecule has 0 bridgehead atoms. The lowest BCUT2D eigenvalue weighted by Crippen LogP contribution is -2.49. The largest absolute Gasteiger partial charge is 0.491 e. The summed E-state index contributed by atoms with van der Waals surface area (Å²) >= 11 is 0. The van der Waals surface area contributed by atoms with Gasteiger partial charge < -0.3 is 34.9 Å².